The molecule has 2 aliphatic rings. The van der Waals surface area contributed by atoms with E-state index in [1.165, 1.54) is 19.3 Å². The molecule has 1 aliphatic carbocycles. The molecule has 0 aromatic rings. The van der Waals surface area contributed by atoms with Gasteiger partial charge in [-0.3, -0.25) is 4.79 Å². The van der Waals surface area contributed by atoms with Gasteiger partial charge in [-0.15, -0.1) is 0 Å². The van der Waals surface area contributed by atoms with Gasteiger partial charge in [-0.25, -0.2) is 0 Å². The monoisotopic (exact) mass is 238 g/mol. The Morgan fingerprint density at radius 1 is 1.41 bits per heavy atom. The van der Waals surface area contributed by atoms with Crippen molar-refractivity contribution >= 4 is 5.91 Å². The summed E-state index contributed by atoms with van der Waals surface area (Å²) in [6, 6.07) is 0.560. The van der Waals surface area contributed by atoms with Gasteiger partial charge < -0.3 is 10.6 Å². The molecule has 98 valence electrons. The lowest BCUT2D eigenvalue weighted by atomic mass is 9.93. The Balaban J connectivity index is 1.83. The molecule has 0 radical (unpaired) electrons. The summed E-state index contributed by atoms with van der Waals surface area (Å²) in [6.07, 6.45) is 5.56. The maximum atomic E-state index is 12.3. The Kier molecular flexibility index (Phi) is 4.08. The van der Waals surface area contributed by atoms with E-state index in [1.54, 1.807) is 0 Å². The highest BCUT2D eigenvalue weighted by Crippen LogP contribution is 2.38. The molecule has 2 bridgehead atoms. The second-order valence-corrected chi connectivity index (χ2v) is 6.31. The van der Waals surface area contributed by atoms with Crippen LogP contribution >= 0.6 is 0 Å². The second-order valence-electron chi connectivity index (χ2n) is 6.31. The topological polar surface area (TPSA) is 46.3 Å². The number of likely N-dealkylation sites (tertiary alicyclic amines) is 1. The number of fused-ring (bicyclic) bond motifs is 2. The molecule has 3 heteroatoms. The molecule has 1 aliphatic heterocycles. The number of hydrogen-bond acceptors (Lipinski definition) is 2. The van der Waals surface area contributed by atoms with Crippen LogP contribution < -0.4 is 5.73 Å². The van der Waals surface area contributed by atoms with Gasteiger partial charge in [0.05, 0.1) is 0 Å². The minimum atomic E-state index is 0.355. The molecule has 1 heterocycles. The third-order valence-corrected chi connectivity index (χ3v) is 4.33. The molecule has 3 atom stereocenters. The first-order chi connectivity index (χ1) is 8.10. The summed E-state index contributed by atoms with van der Waals surface area (Å²) < 4.78 is 0. The van der Waals surface area contributed by atoms with E-state index in [9.17, 15) is 4.79 Å². The van der Waals surface area contributed by atoms with Crippen molar-refractivity contribution in [2.24, 2.45) is 23.5 Å². The number of carbonyl (C=O) groups is 1. The van der Waals surface area contributed by atoms with Crippen molar-refractivity contribution in [1.29, 1.82) is 0 Å². The van der Waals surface area contributed by atoms with E-state index in [1.807, 2.05) is 0 Å². The van der Waals surface area contributed by atoms with Crippen molar-refractivity contribution in [3.63, 3.8) is 0 Å². The van der Waals surface area contributed by atoms with Crippen molar-refractivity contribution < 1.29 is 4.79 Å². The molecule has 2 fully saturated rings. The van der Waals surface area contributed by atoms with Gasteiger partial charge in [-0.2, -0.15) is 0 Å². The van der Waals surface area contributed by atoms with Gasteiger partial charge in [-0.05, 0) is 50.0 Å². The van der Waals surface area contributed by atoms with Crippen molar-refractivity contribution in [2.75, 3.05) is 13.1 Å². The van der Waals surface area contributed by atoms with Crippen LogP contribution in [0.3, 0.4) is 0 Å². The van der Waals surface area contributed by atoms with Crippen LogP contribution in [0.15, 0.2) is 0 Å². The van der Waals surface area contributed by atoms with Crippen LogP contribution in [0.1, 0.15) is 46.0 Å². The first kappa shape index (κ1) is 12.9. The minimum absolute atomic E-state index is 0.355. The Hall–Kier alpha value is -0.570. The molecule has 17 heavy (non-hydrogen) atoms. The number of nitrogens with zero attached hydrogens (tertiary/aromatic N) is 1. The van der Waals surface area contributed by atoms with E-state index in [4.69, 9.17) is 5.73 Å². The minimum Gasteiger partial charge on any atom is -0.339 e. The van der Waals surface area contributed by atoms with E-state index in [0.29, 0.717) is 36.8 Å². The third kappa shape index (κ3) is 3.01. The Morgan fingerprint density at radius 3 is 2.65 bits per heavy atom. The first-order valence-corrected chi connectivity index (χ1v) is 7.09. The van der Waals surface area contributed by atoms with Gasteiger partial charge in [0.2, 0.25) is 5.91 Å². The molecule has 2 N–H and O–H groups in total. The largest absolute Gasteiger partial charge is 0.339 e. The number of nitrogens with two attached hydrogens (primary N) is 1. The van der Waals surface area contributed by atoms with Crippen molar-refractivity contribution in [3.05, 3.63) is 0 Å². The smallest absolute Gasteiger partial charge is 0.223 e. The van der Waals surface area contributed by atoms with E-state index < -0.39 is 0 Å². The molecule has 2 rings (SSSR count). The quantitative estimate of drug-likeness (QED) is 0.796. The predicted molar refractivity (Wildman–Crippen MR) is 69.5 cm³/mol. The molecule has 0 spiro atoms. The fourth-order valence-electron chi connectivity index (χ4n) is 3.52. The lowest BCUT2D eigenvalue weighted by Gasteiger charge is -2.29. The maximum Gasteiger partial charge on any atom is 0.223 e. The zero-order valence-corrected chi connectivity index (χ0v) is 11.2. The number of rotatable bonds is 5. The van der Waals surface area contributed by atoms with Gasteiger partial charge in [-0.1, -0.05) is 13.8 Å². The molecular weight excluding hydrogens is 212 g/mol. The number of hydrogen-bond donors (Lipinski definition) is 1. The standard InChI is InChI=1S/C14H26N2O/c1-10(2)5-12(8-15)7-14(17)16-9-11-3-4-13(16)6-11/h10-13H,3-9,15H2,1-2H3/t11?,12-,13?/m0/s1. The zero-order chi connectivity index (χ0) is 12.4. The summed E-state index contributed by atoms with van der Waals surface area (Å²) in [5.74, 6) is 2.16. The van der Waals surface area contributed by atoms with Gasteiger partial charge in [0.15, 0.2) is 0 Å². The van der Waals surface area contributed by atoms with Gasteiger partial charge in [0.25, 0.3) is 0 Å². The lowest BCUT2D eigenvalue weighted by Crippen LogP contribution is -2.39. The summed E-state index contributed by atoms with van der Waals surface area (Å²) in [4.78, 5) is 14.4. The van der Waals surface area contributed by atoms with Crippen LogP contribution in [-0.2, 0) is 4.79 Å². The lowest BCUT2D eigenvalue weighted by molar-refractivity contribution is -0.133. The van der Waals surface area contributed by atoms with Crippen molar-refractivity contribution in [3.8, 4) is 0 Å². The first-order valence-electron chi connectivity index (χ1n) is 7.09. The molecule has 0 aromatic carbocycles. The fraction of sp³-hybridized carbons (Fsp3) is 0.929. The molecular formula is C14H26N2O. The van der Waals surface area contributed by atoms with Crippen LogP contribution in [0.2, 0.25) is 0 Å². The van der Waals surface area contributed by atoms with Gasteiger partial charge in [0, 0.05) is 19.0 Å². The van der Waals surface area contributed by atoms with Crippen LogP contribution in [0.25, 0.3) is 0 Å². The second kappa shape index (κ2) is 5.38. The van der Waals surface area contributed by atoms with E-state index in [2.05, 4.69) is 18.7 Å². The van der Waals surface area contributed by atoms with Gasteiger partial charge >= 0.3 is 0 Å². The highest BCUT2D eigenvalue weighted by molar-refractivity contribution is 5.77. The molecule has 3 nitrogen and oxygen atoms in total. The summed E-state index contributed by atoms with van der Waals surface area (Å²) in [5.41, 5.74) is 5.77. The Morgan fingerprint density at radius 2 is 2.18 bits per heavy atom. The molecule has 0 aromatic heterocycles. The zero-order valence-electron chi connectivity index (χ0n) is 11.2. The highest BCUT2D eigenvalue weighted by Gasteiger charge is 2.40. The van der Waals surface area contributed by atoms with Crippen LogP contribution in [0, 0.1) is 17.8 Å². The highest BCUT2D eigenvalue weighted by atomic mass is 16.2. The molecule has 2 unspecified atom stereocenters. The summed E-state index contributed by atoms with van der Waals surface area (Å²) >= 11 is 0. The average Bonchev–Trinajstić information content (AvgIpc) is 2.88. The Labute approximate surface area is 105 Å². The molecule has 1 saturated carbocycles. The molecule has 1 amide bonds. The molecule has 1 saturated heterocycles. The number of piperidine rings is 1. The van der Waals surface area contributed by atoms with Crippen molar-refractivity contribution in [2.45, 2.75) is 52.0 Å². The maximum absolute atomic E-state index is 12.3. The fourth-order valence-corrected chi connectivity index (χ4v) is 3.52. The summed E-state index contributed by atoms with van der Waals surface area (Å²) in [6.45, 7) is 6.06. The van der Waals surface area contributed by atoms with Crippen LogP contribution in [0.5, 0.6) is 0 Å². The number of carbonyl (C=O) groups excluding carboxylic acids is 1. The number of amides is 1. The van der Waals surface area contributed by atoms with Crippen LogP contribution in [0.4, 0.5) is 0 Å². The summed E-state index contributed by atoms with van der Waals surface area (Å²) in [7, 11) is 0. The van der Waals surface area contributed by atoms with E-state index >= 15 is 0 Å². The summed E-state index contributed by atoms with van der Waals surface area (Å²) in [5, 5.41) is 0. The SMILES string of the molecule is CC(C)C[C@H](CN)CC(=O)N1CC2CCC1C2. The van der Waals surface area contributed by atoms with Crippen LogP contribution in [-0.4, -0.2) is 29.9 Å². The predicted octanol–water partition coefficient (Wildman–Crippen LogP) is 2.01. The van der Waals surface area contributed by atoms with Gasteiger partial charge in [0.1, 0.15) is 0 Å². The van der Waals surface area contributed by atoms with Crippen molar-refractivity contribution in [1.82, 2.24) is 4.90 Å². The average molecular weight is 238 g/mol. The normalized spacial score (nSPS) is 29.1. The third-order valence-electron chi connectivity index (χ3n) is 4.33. The van der Waals surface area contributed by atoms with E-state index in [0.717, 1.165) is 18.9 Å². The Bertz CT molecular complexity index is 277. The van der Waals surface area contributed by atoms with E-state index in [-0.39, 0.29) is 0 Å².